The van der Waals surface area contributed by atoms with Gasteiger partial charge in [-0.15, -0.1) is 0 Å². The third-order valence-corrected chi connectivity index (χ3v) is 6.33. The van der Waals surface area contributed by atoms with E-state index in [2.05, 4.69) is 10.0 Å². The van der Waals surface area contributed by atoms with Gasteiger partial charge in [0.2, 0.25) is 10.0 Å². The van der Waals surface area contributed by atoms with Crippen LogP contribution in [0.2, 0.25) is 0 Å². The molecule has 1 saturated heterocycles. The molecule has 8 heteroatoms. The summed E-state index contributed by atoms with van der Waals surface area (Å²) in [6, 6.07) is 10.9. The van der Waals surface area contributed by atoms with Crippen molar-refractivity contribution in [3.63, 3.8) is 0 Å². The van der Waals surface area contributed by atoms with Gasteiger partial charge in [-0.25, -0.2) is 17.9 Å². The number of nitrogens with one attached hydrogen (secondary N) is 2. The molecule has 0 bridgehead atoms. The van der Waals surface area contributed by atoms with Gasteiger partial charge in [-0.05, 0) is 50.6 Å². The molecular weight excluding hydrogens is 352 g/mol. The molecule has 0 unspecified atom stereocenters. The van der Waals surface area contributed by atoms with Gasteiger partial charge < -0.3 is 14.8 Å². The van der Waals surface area contributed by atoms with Crippen LogP contribution in [0.5, 0.6) is 0 Å². The Kier molecular flexibility index (Phi) is 5.33. The van der Waals surface area contributed by atoms with E-state index in [1.165, 1.54) is 0 Å². The summed E-state index contributed by atoms with van der Waals surface area (Å²) in [5, 5.41) is 2.29. The lowest BCUT2D eigenvalue weighted by Gasteiger charge is -2.19. The number of amides is 2. The van der Waals surface area contributed by atoms with E-state index >= 15 is 0 Å². The van der Waals surface area contributed by atoms with Gasteiger partial charge in [0.1, 0.15) is 0 Å². The highest BCUT2D eigenvalue weighted by Crippen LogP contribution is 2.19. The Morgan fingerprint density at radius 3 is 2.62 bits per heavy atom. The number of hydrogen-bond donors (Lipinski definition) is 2. The molecule has 26 heavy (non-hydrogen) atoms. The van der Waals surface area contributed by atoms with E-state index in [1.54, 1.807) is 18.7 Å². The fraction of sp³-hybridized carbons (Fsp3) is 0.389. The van der Waals surface area contributed by atoms with E-state index in [9.17, 15) is 13.2 Å². The number of carbonyl (C=O) groups excluding carboxylic acids is 1. The lowest BCUT2D eigenvalue weighted by molar-refractivity contribution is 0.222. The van der Waals surface area contributed by atoms with E-state index in [-0.39, 0.29) is 18.6 Å². The maximum atomic E-state index is 12.5. The molecule has 0 radical (unpaired) electrons. The zero-order valence-electron chi connectivity index (χ0n) is 14.9. The number of urea groups is 1. The minimum Gasteiger partial charge on any atom is -0.324 e. The Morgan fingerprint density at radius 1 is 1.19 bits per heavy atom. The van der Waals surface area contributed by atoms with Gasteiger partial charge in [0.05, 0.1) is 5.25 Å². The van der Waals surface area contributed by atoms with Crippen molar-refractivity contribution in [3.8, 4) is 5.69 Å². The molecule has 1 aromatic carbocycles. The first-order chi connectivity index (χ1) is 12.3. The molecule has 7 nitrogen and oxygen atoms in total. The van der Waals surface area contributed by atoms with E-state index < -0.39 is 15.3 Å². The standard InChI is InChI=1S/C18H24N4O3S/c1-14(2)20-26(24,25)17-8-11-22(13-17)18(23)19-15-6-5-7-16(12-15)21-9-3-4-10-21/h3-7,9-10,12,14,17,20H,8,11,13H2,1-2H3,(H,19,23)/t17-/m0/s1. The second-order valence-electron chi connectivity index (χ2n) is 6.75. The monoisotopic (exact) mass is 376 g/mol. The molecule has 2 amide bonds. The van der Waals surface area contributed by atoms with Gasteiger partial charge >= 0.3 is 6.03 Å². The quantitative estimate of drug-likeness (QED) is 0.841. The maximum absolute atomic E-state index is 12.5. The van der Waals surface area contributed by atoms with Crippen LogP contribution in [-0.2, 0) is 10.0 Å². The number of aromatic nitrogens is 1. The molecular formula is C18H24N4O3S. The largest absolute Gasteiger partial charge is 0.324 e. The molecule has 0 spiro atoms. The highest BCUT2D eigenvalue weighted by atomic mass is 32.2. The normalized spacial score (nSPS) is 17.7. The summed E-state index contributed by atoms with van der Waals surface area (Å²) in [7, 11) is -3.41. The summed E-state index contributed by atoms with van der Waals surface area (Å²) >= 11 is 0. The number of likely N-dealkylation sites (tertiary alicyclic amines) is 1. The predicted octanol–water partition coefficient (Wildman–Crippen LogP) is 2.41. The van der Waals surface area contributed by atoms with Crippen molar-refractivity contribution in [2.45, 2.75) is 31.6 Å². The number of rotatable bonds is 5. The first kappa shape index (κ1) is 18.5. The van der Waals surface area contributed by atoms with Crippen LogP contribution in [0, 0.1) is 0 Å². The van der Waals surface area contributed by atoms with Gasteiger partial charge in [0, 0.05) is 42.9 Å². The average molecular weight is 376 g/mol. The third-order valence-electron chi connectivity index (χ3n) is 4.27. The maximum Gasteiger partial charge on any atom is 0.321 e. The van der Waals surface area contributed by atoms with Crippen molar-refractivity contribution in [2.75, 3.05) is 18.4 Å². The van der Waals surface area contributed by atoms with Crippen molar-refractivity contribution in [1.29, 1.82) is 0 Å². The van der Waals surface area contributed by atoms with Crippen LogP contribution < -0.4 is 10.0 Å². The zero-order chi connectivity index (χ0) is 18.7. The van der Waals surface area contributed by atoms with E-state index in [4.69, 9.17) is 0 Å². The summed E-state index contributed by atoms with van der Waals surface area (Å²) in [5.41, 5.74) is 1.61. The van der Waals surface area contributed by atoms with Gasteiger partial charge in [0.25, 0.3) is 0 Å². The van der Waals surface area contributed by atoms with Crippen molar-refractivity contribution in [3.05, 3.63) is 48.8 Å². The van der Waals surface area contributed by atoms with Crippen LogP contribution in [0.25, 0.3) is 5.69 Å². The topological polar surface area (TPSA) is 83.4 Å². The van der Waals surface area contributed by atoms with Crippen molar-refractivity contribution in [1.82, 2.24) is 14.2 Å². The average Bonchev–Trinajstić information content (AvgIpc) is 3.26. The molecule has 1 aromatic heterocycles. The van der Waals surface area contributed by atoms with Crippen LogP contribution in [0.4, 0.5) is 10.5 Å². The minimum absolute atomic E-state index is 0.153. The smallest absolute Gasteiger partial charge is 0.321 e. The summed E-state index contributed by atoms with van der Waals surface area (Å²) in [5.74, 6) is 0. The molecule has 2 aromatic rings. The van der Waals surface area contributed by atoms with E-state index in [1.807, 2.05) is 53.4 Å². The molecule has 2 N–H and O–H groups in total. The lowest BCUT2D eigenvalue weighted by Crippen LogP contribution is -2.41. The molecule has 2 heterocycles. The SMILES string of the molecule is CC(C)NS(=O)(=O)[C@H]1CCN(C(=O)Nc2cccc(-n3cccc3)c2)C1. The summed E-state index contributed by atoms with van der Waals surface area (Å²) in [6.45, 7) is 4.20. The summed E-state index contributed by atoms with van der Waals surface area (Å²) in [6.07, 6.45) is 4.30. The van der Waals surface area contributed by atoms with Crippen LogP contribution >= 0.6 is 0 Å². The number of sulfonamides is 1. The first-order valence-electron chi connectivity index (χ1n) is 8.65. The van der Waals surface area contributed by atoms with Crippen LogP contribution in [-0.4, -0.2) is 48.3 Å². The van der Waals surface area contributed by atoms with Gasteiger partial charge in [-0.3, -0.25) is 0 Å². The first-order valence-corrected chi connectivity index (χ1v) is 10.2. The molecule has 1 aliphatic rings. The fourth-order valence-electron chi connectivity index (χ4n) is 3.04. The third kappa shape index (κ3) is 4.25. The summed E-state index contributed by atoms with van der Waals surface area (Å²) in [4.78, 5) is 14.0. The molecule has 0 aliphatic carbocycles. The van der Waals surface area contributed by atoms with Gasteiger partial charge in [0.15, 0.2) is 0 Å². The lowest BCUT2D eigenvalue weighted by atomic mass is 10.2. The van der Waals surface area contributed by atoms with Gasteiger partial charge in [-0.2, -0.15) is 0 Å². The minimum atomic E-state index is -3.41. The van der Waals surface area contributed by atoms with Crippen molar-refractivity contribution >= 4 is 21.7 Å². The van der Waals surface area contributed by atoms with Crippen LogP contribution in [0.15, 0.2) is 48.8 Å². The Hall–Kier alpha value is -2.32. The molecule has 1 fully saturated rings. The number of nitrogens with zero attached hydrogens (tertiary/aromatic N) is 2. The predicted molar refractivity (Wildman–Crippen MR) is 102 cm³/mol. The van der Waals surface area contributed by atoms with Crippen LogP contribution in [0.3, 0.4) is 0 Å². The highest BCUT2D eigenvalue weighted by Gasteiger charge is 2.35. The van der Waals surface area contributed by atoms with Crippen molar-refractivity contribution < 1.29 is 13.2 Å². The Balaban J connectivity index is 1.64. The summed E-state index contributed by atoms with van der Waals surface area (Å²) < 4.78 is 29.1. The number of hydrogen-bond acceptors (Lipinski definition) is 3. The second-order valence-corrected chi connectivity index (χ2v) is 8.74. The number of benzene rings is 1. The Bertz CT molecular complexity index is 862. The Labute approximate surface area is 154 Å². The van der Waals surface area contributed by atoms with E-state index in [0.717, 1.165) is 5.69 Å². The molecule has 3 rings (SSSR count). The number of anilines is 1. The molecule has 0 saturated carbocycles. The van der Waals surface area contributed by atoms with Gasteiger partial charge in [-0.1, -0.05) is 6.07 Å². The number of carbonyl (C=O) groups is 1. The second kappa shape index (κ2) is 7.51. The zero-order valence-corrected chi connectivity index (χ0v) is 15.7. The van der Waals surface area contributed by atoms with Crippen molar-refractivity contribution in [2.24, 2.45) is 0 Å². The molecule has 1 atom stereocenters. The highest BCUT2D eigenvalue weighted by molar-refractivity contribution is 7.90. The van der Waals surface area contributed by atoms with Crippen LogP contribution in [0.1, 0.15) is 20.3 Å². The van der Waals surface area contributed by atoms with E-state index in [0.29, 0.717) is 18.7 Å². The molecule has 1 aliphatic heterocycles. The Morgan fingerprint density at radius 2 is 1.92 bits per heavy atom. The fourth-order valence-corrected chi connectivity index (χ4v) is 4.69. The molecule has 140 valence electrons.